The smallest absolute Gasteiger partial charge is 0.247 e. The zero-order chi connectivity index (χ0) is 11.8. The number of hydrogen-bond acceptors (Lipinski definition) is 5. The van der Waals surface area contributed by atoms with E-state index in [0.29, 0.717) is 0 Å². The summed E-state index contributed by atoms with van der Waals surface area (Å²) in [4.78, 5) is 3.69. The van der Waals surface area contributed by atoms with Crippen LogP contribution in [0.4, 0.5) is 5.95 Å². The van der Waals surface area contributed by atoms with E-state index in [0.717, 1.165) is 20.7 Å². The number of anilines is 1. The van der Waals surface area contributed by atoms with Crippen LogP contribution < -0.4 is 4.72 Å². The zero-order valence-corrected chi connectivity index (χ0v) is 11.3. The van der Waals surface area contributed by atoms with Gasteiger partial charge in [-0.3, -0.25) is 0 Å². The van der Waals surface area contributed by atoms with Crippen molar-refractivity contribution >= 4 is 43.2 Å². The van der Waals surface area contributed by atoms with Gasteiger partial charge in [0.2, 0.25) is 5.95 Å². The highest BCUT2D eigenvalue weighted by Crippen LogP contribution is 2.31. The van der Waals surface area contributed by atoms with Crippen LogP contribution in [-0.2, 0) is 10.0 Å². The Kier molecular flexibility index (Phi) is 3.00. The van der Waals surface area contributed by atoms with Crippen molar-refractivity contribution in [3.63, 3.8) is 0 Å². The number of sulfonamides is 1. The summed E-state index contributed by atoms with van der Waals surface area (Å²) in [5, 5.41) is 5.98. The van der Waals surface area contributed by atoms with Crippen LogP contribution in [0.15, 0.2) is 20.4 Å². The minimum absolute atomic E-state index is 0.0992. The molecule has 86 valence electrons. The predicted octanol–water partition coefficient (Wildman–Crippen LogP) is 1.74. The van der Waals surface area contributed by atoms with Gasteiger partial charge in [-0.25, -0.2) is 18.2 Å². The Labute approximate surface area is 104 Å². The molecule has 0 unspecified atom stereocenters. The Morgan fingerprint density at radius 1 is 1.56 bits per heavy atom. The Hall–Kier alpha value is -0.930. The molecule has 2 heterocycles. The molecule has 0 saturated heterocycles. The van der Waals surface area contributed by atoms with E-state index in [4.69, 9.17) is 0 Å². The van der Waals surface area contributed by atoms with E-state index in [1.165, 1.54) is 6.33 Å². The largest absolute Gasteiger partial charge is 0.273 e. The second-order valence-corrected chi connectivity index (χ2v) is 7.24. The summed E-state index contributed by atoms with van der Waals surface area (Å²) >= 11 is 4.42. The minimum atomic E-state index is -3.58. The van der Waals surface area contributed by atoms with Crippen molar-refractivity contribution in [2.75, 3.05) is 4.72 Å². The maximum Gasteiger partial charge on any atom is 0.273 e. The van der Waals surface area contributed by atoms with Gasteiger partial charge >= 0.3 is 0 Å². The molecule has 0 aliphatic heterocycles. The lowest BCUT2D eigenvalue weighted by molar-refractivity contribution is 0.602. The normalized spacial score (nSPS) is 11.6. The highest BCUT2D eigenvalue weighted by molar-refractivity contribution is 9.11. The van der Waals surface area contributed by atoms with Crippen molar-refractivity contribution < 1.29 is 8.42 Å². The molecule has 0 spiro atoms. The Morgan fingerprint density at radius 3 is 2.81 bits per heavy atom. The van der Waals surface area contributed by atoms with Gasteiger partial charge in [0, 0.05) is 0 Å². The van der Waals surface area contributed by atoms with E-state index in [1.807, 2.05) is 6.92 Å². The van der Waals surface area contributed by atoms with E-state index in [1.54, 1.807) is 6.07 Å². The summed E-state index contributed by atoms with van der Waals surface area (Å²) in [5.74, 6) is 0.0992. The summed E-state index contributed by atoms with van der Waals surface area (Å²) in [6.07, 6.45) is 1.23. The van der Waals surface area contributed by atoms with Crippen molar-refractivity contribution in [3.05, 3.63) is 21.7 Å². The highest BCUT2D eigenvalue weighted by atomic mass is 79.9. The number of nitrogens with one attached hydrogen (secondary N) is 2. The quantitative estimate of drug-likeness (QED) is 0.900. The number of halogens is 1. The van der Waals surface area contributed by atoms with Crippen molar-refractivity contribution in [2.45, 2.75) is 11.1 Å². The average Bonchev–Trinajstić information content (AvgIpc) is 2.78. The number of aryl methyl sites for hydroxylation is 1. The predicted molar refractivity (Wildman–Crippen MR) is 63.9 cm³/mol. The number of H-pyrrole nitrogens is 1. The van der Waals surface area contributed by atoms with Crippen LogP contribution in [0.1, 0.15) is 5.56 Å². The topological polar surface area (TPSA) is 87.7 Å². The average molecular weight is 323 g/mol. The van der Waals surface area contributed by atoms with Gasteiger partial charge in [0.15, 0.2) is 0 Å². The summed E-state index contributed by atoms with van der Waals surface area (Å²) in [5.41, 5.74) is 0.878. The van der Waals surface area contributed by atoms with E-state index < -0.39 is 10.0 Å². The first-order chi connectivity index (χ1) is 7.49. The molecule has 2 aromatic rings. The van der Waals surface area contributed by atoms with Gasteiger partial charge in [0.1, 0.15) is 10.5 Å². The molecule has 0 aromatic carbocycles. The third-order valence-electron chi connectivity index (χ3n) is 1.75. The van der Waals surface area contributed by atoms with E-state index in [9.17, 15) is 8.42 Å². The van der Waals surface area contributed by atoms with Crippen LogP contribution in [0, 0.1) is 6.92 Å². The third-order valence-corrected chi connectivity index (χ3v) is 5.69. The monoisotopic (exact) mass is 322 g/mol. The second kappa shape index (κ2) is 4.15. The minimum Gasteiger partial charge on any atom is -0.247 e. The first kappa shape index (κ1) is 11.6. The molecule has 0 aliphatic carbocycles. The molecule has 6 nitrogen and oxygen atoms in total. The number of rotatable bonds is 3. The number of hydrogen-bond donors (Lipinski definition) is 2. The molecule has 0 radical (unpaired) electrons. The van der Waals surface area contributed by atoms with Crippen LogP contribution in [0.5, 0.6) is 0 Å². The van der Waals surface area contributed by atoms with Crippen LogP contribution in [-0.4, -0.2) is 23.6 Å². The van der Waals surface area contributed by atoms with Gasteiger partial charge in [-0.05, 0) is 34.5 Å². The molecule has 2 rings (SSSR count). The maximum absolute atomic E-state index is 11.9. The fourth-order valence-electron chi connectivity index (χ4n) is 0.996. The lowest BCUT2D eigenvalue weighted by atomic mass is 10.4. The summed E-state index contributed by atoms with van der Waals surface area (Å²) in [6, 6.07) is 1.59. The standard InChI is InChI=1S/C7H7BrN4O2S2/c1-4-2-5(15-6(4)8)16(13,14)12-7-9-3-10-11-7/h2-3H,1H3,(H2,9,10,11,12). The molecule has 9 heteroatoms. The van der Waals surface area contributed by atoms with Crippen molar-refractivity contribution in [1.82, 2.24) is 15.2 Å². The van der Waals surface area contributed by atoms with Crippen LogP contribution in [0.2, 0.25) is 0 Å². The first-order valence-corrected chi connectivity index (χ1v) is 7.22. The maximum atomic E-state index is 11.9. The zero-order valence-electron chi connectivity index (χ0n) is 8.06. The molecule has 2 N–H and O–H groups in total. The Morgan fingerprint density at radius 2 is 2.31 bits per heavy atom. The van der Waals surface area contributed by atoms with Crippen LogP contribution >= 0.6 is 27.3 Å². The van der Waals surface area contributed by atoms with Crippen molar-refractivity contribution in [3.8, 4) is 0 Å². The first-order valence-electron chi connectivity index (χ1n) is 4.13. The second-order valence-electron chi connectivity index (χ2n) is 2.96. The van der Waals surface area contributed by atoms with E-state index >= 15 is 0 Å². The van der Waals surface area contributed by atoms with Crippen molar-refractivity contribution in [1.29, 1.82) is 0 Å². The lowest BCUT2D eigenvalue weighted by Gasteiger charge is -2.00. The van der Waals surface area contributed by atoms with Gasteiger partial charge in [0.05, 0.1) is 3.79 Å². The van der Waals surface area contributed by atoms with Gasteiger partial charge in [-0.1, -0.05) is 0 Å². The van der Waals surface area contributed by atoms with Crippen molar-refractivity contribution in [2.24, 2.45) is 0 Å². The van der Waals surface area contributed by atoms with Gasteiger partial charge < -0.3 is 0 Å². The van der Waals surface area contributed by atoms with Gasteiger partial charge in [-0.15, -0.1) is 11.3 Å². The van der Waals surface area contributed by atoms with E-state index in [2.05, 4.69) is 35.8 Å². The van der Waals surface area contributed by atoms with Crippen LogP contribution in [0.3, 0.4) is 0 Å². The molecular weight excluding hydrogens is 316 g/mol. The molecule has 0 amide bonds. The lowest BCUT2D eigenvalue weighted by Crippen LogP contribution is -2.12. The molecule has 0 saturated carbocycles. The number of thiophene rings is 1. The summed E-state index contributed by atoms with van der Waals surface area (Å²) < 4.78 is 27.0. The fourth-order valence-corrected chi connectivity index (χ4v) is 4.19. The SMILES string of the molecule is Cc1cc(S(=O)(=O)Nc2ncn[nH]2)sc1Br. The number of nitrogens with zero attached hydrogens (tertiary/aromatic N) is 2. The summed E-state index contributed by atoms with van der Waals surface area (Å²) in [6.45, 7) is 1.83. The summed E-state index contributed by atoms with van der Waals surface area (Å²) in [7, 11) is -3.58. The molecule has 0 atom stereocenters. The Balaban J connectivity index is 2.32. The molecule has 16 heavy (non-hydrogen) atoms. The fraction of sp³-hybridized carbons (Fsp3) is 0.143. The molecule has 0 aliphatic rings. The molecular formula is C7H7BrN4O2S2. The van der Waals surface area contributed by atoms with Gasteiger partial charge in [-0.2, -0.15) is 10.1 Å². The molecule has 0 fully saturated rings. The van der Waals surface area contributed by atoms with Gasteiger partial charge in [0.25, 0.3) is 10.0 Å². The number of aromatic amines is 1. The van der Waals surface area contributed by atoms with E-state index in [-0.39, 0.29) is 10.2 Å². The molecule has 2 aromatic heterocycles. The van der Waals surface area contributed by atoms with Crippen LogP contribution in [0.25, 0.3) is 0 Å². The third kappa shape index (κ3) is 2.25. The highest BCUT2D eigenvalue weighted by Gasteiger charge is 2.19. The Bertz CT molecular complexity index is 570. The number of aromatic nitrogens is 3. The molecule has 0 bridgehead atoms.